The number of carbonyl (C=O) groups is 1. The molecule has 0 spiro atoms. The van der Waals surface area contributed by atoms with Gasteiger partial charge in [-0.2, -0.15) is 0 Å². The highest BCUT2D eigenvalue weighted by Gasteiger charge is 2.20. The average molecular weight is 276 g/mol. The van der Waals surface area contributed by atoms with Gasteiger partial charge in [0.25, 0.3) is 0 Å². The summed E-state index contributed by atoms with van der Waals surface area (Å²) in [7, 11) is 0. The van der Waals surface area contributed by atoms with Gasteiger partial charge in [-0.1, -0.05) is 6.42 Å². The first-order valence-electron chi connectivity index (χ1n) is 7.43. The van der Waals surface area contributed by atoms with Crippen LogP contribution in [-0.2, 0) is 4.74 Å². The Bertz CT molecular complexity index is 477. The third-order valence-corrected chi connectivity index (χ3v) is 3.81. The molecule has 1 aromatic carbocycles. The molecule has 0 radical (unpaired) electrons. The lowest BCUT2D eigenvalue weighted by Gasteiger charge is -2.22. The number of fused-ring (bicyclic) bond motifs is 1. The zero-order valence-electron chi connectivity index (χ0n) is 11.6. The van der Waals surface area contributed by atoms with E-state index in [0.717, 1.165) is 32.1 Å². The molecular weight excluding hydrogens is 256 g/mol. The van der Waals surface area contributed by atoms with Gasteiger partial charge in [0, 0.05) is 6.42 Å². The zero-order valence-corrected chi connectivity index (χ0v) is 11.6. The van der Waals surface area contributed by atoms with Crippen molar-refractivity contribution in [2.24, 2.45) is 0 Å². The lowest BCUT2D eigenvalue weighted by molar-refractivity contribution is 0.0210. The molecule has 1 aliphatic heterocycles. The third kappa shape index (κ3) is 3.06. The molecule has 0 unspecified atom stereocenters. The van der Waals surface area contributed by atoms with Crippen LogP contribution in [0.2, 0.25) is 0 Å². The predicted octanol–water partition coefficient (Wildman–Crippen LogP) is 3.34. The monoisotopic (exact) mass is 276 g/mol. The molecule has 1 aliphatic carbocycles. The van der Waals surface area contributed by atoms with Gasteiger partial charge in [0.2, 0.25) is 0 Å². The van der Waals surface area contributed by atoms with Crippen molar-refractivity contribution in [1.82, 2.24) is 0 Å². The van der Waals surface area contributed by atoms with Crippen LogP contribution in [0.1, 0.15) is 48.9 Å². The first kappa shape index (κ1) is 13.3. The van der Waals surface area contributed by atoms with E-state index >= 15 is 0 Å². The SMILES string of the molecule is O=C(OC1CCCCC1)c1ccc2c(c1)OCCCO2. The minimum Gasteiger partial charge on any atom is -0.490 e. The third-order valence-electron chi connectivity index (χ3n) is 3.81. The highest BCUT2D eigenvalue weighted by molar-refractivity contribution is 5.90. The Morgan fingerprint density at radius 2 is 1.75 bits per heavy atom. The molecule has 3 rings (SSSR count). The van der Waals surface area contributed by atoms with Crippen LogP contribution in [0.25, 0.3) is 0 Å². The Morgan fingerprint density at radius 1 is 1.00 bits per heavy atom. The molecular formula is C16H20O4. The molecule has 20 heavy (non-hydrogen) atoms. The number of benzene rings is 1. The molecule has 2 aliphatic rings. The second-order valence-electron chi connectivity index (χ2n) is 5.38. The van der Waals surface area contributed by atoms with E-state index in [9.17, 15) is 4.79 Å². The summed E-state index contributed by atoms with van der Waals surface area (Å²) in [5.74, 6) is 1.09. The molecule has 0 bridgehead atoms. The Kier molecular flexibility index (Phi) is 4.09. The van der Waals surface area contributed by atoms with Crippen molar-refractivity contribution in [3.05, 3.63) is 23.8 Å². The van der Waals surface area contributed by atoms with Gasteiger partial charge in [-0.05, 0) is 43.9 Å². The van der Waals surface area contributed by atoms with Crippen LogP contribution in [-0.4, -0.2) is 25.3 Å². The van der Waals surface area contributed by atoms with Crippen LogP contribution in [0.15, 0.2) is 18.2 Å². The first-order valence-corrected chi connectivity index (χ1v) is 7.43. The largest absolute Gasteiger partial charge is 0.490 e. The molecule has 0 atom stereocenters. The van der Waals surface area contributed by atoms with Crippen molar-refractivity contribution in [2.45, 2.75) is 44.6 Å². The number of esters is 1. The number of ether oxygens (including phenoxy) is 3. The van der Waals surface area contributed by atoms with E-state index in [1.807, 2.05) is 0 Å². The topological polar surface area (TPSA) is 44.8 Å². The van der Waals surface area contributed by atoms with E-state index in [2.05, 4.69) is 0 Å². The van der Waals surface area contributed by atoms with Crippen molar-refractivity contribution in [2.75, 3.05) is 13.2 Å². The average Bonchev–Trinajstić information content (AvgIpc) is 2.72. The summed E-state index contributed by atoms with van der Waals surface area (Å²) in [5.41, 5.74) is 0.542. The van der Waals surface area contributed by atoms with Gasteiger partial charge in [0.05, 0.1) is 18.8 Å². The molecule has 4 heteroatoms. The van der Waals surface area contributed by atoms with Crippen molar-refractivity contribution >= 4 is 5.97 Å². The zero-order chi connectivity index (χ0) is 13.8. The Balaban J connectivity index is 1.69. The molecule has 0 amide bonds. The summed E-state index contributed by atoms with van der Waals surface area (Å²) in [4.78, 5) is 12.2. The highest BCUT2D eigenvalue weighted by Crippen LogP contribution is 2.31. The fraction of sp³-hybridized carbons (Fsp3) is 0.562. The summed E-state index contributed by atoms with van der Waals surface area (Å²) in [6, 6.07) is 5.27. The Morgan fingerprint density at radius 3 is 2.55 bits per heavy atom. The van der Waals surface area contributed by atoms with Crippen molar-refractivity contribution in [3.63, 3.8) is 0 Å². The summed E-state index contributed by atoms with van der Waals surface area (Å²) < 4.78 is 16.7. The summed E-state index contributed by atoms with van der Waals surface area (Å²) in [6.07, 6.45) is 6.45. The van der Waals surface area contributed by atoms with Crippen molar-refractivity contribution < 1.29 is 19.0 Å². The maximum absolute atomic E-state index is 12.2. The molecule has 0 saturated heterocycles. The van der Waals surface area contributed by atoms with Gasteiger partial charge in [-0.25, -0.2) is 4.79 Å². The van der Waals surface area contributed by atoms with Crippen LogP contribution < -0.4 is 9.47 Å². The molecule has 108 valence electrons. The van der Waals surface area contributed by atoms with E-state index in [1.54, 1.807) is 18.2 Å². The fourth-order valence-electron chi connectivity index (χ4n) is 2.69. The van der Waals surface area contributed by atoms with Crippen LogP contribution in [0.4, 0.5) is 0 Å². The quantitative estimate of drug-likeness (QED) is 0.777. The minimum absolute atomic E-state index is 0.0761. The molecule has 0 aromatic heterocycles. The van der Waals surface area contributed by atoms with E-state index in [1.165, 1.54) is 6.42 Å². The fourth-order valence-corrected chi connectivity index (χ4v) is 2.69. The number of hydrogen-bond donors (Lipinski definition) is 0. The van der Waals surface area contributed by atoms with Crippen LogP contribution in [0.5, 0.6) is 11.5 Å². The van der Waals surface area contributed by atoms with E-state index in [-0.39, 0.29) is 12.1 Å². The van der Waals surface area contributed by atoms with E-state index < -0.39 is 0 Å². The standard InChI is InChI=1S/C16H20O4/c17-16(20-13-5-2-1-3-6-13)12-7-8-14-15(11-12)19-10-4-9-18-14/h7-8,11,13H,1-6,9-10H2. The Hall–Kier alpha value is -1.71. The maximum atomic E-state index is 12.2. The minimum atomic E-state index is -0.257. The first-order chi connectivity index (χ1) is 9.83. The highest BCUT2D eigenvalue weighted by atomic mass is 16.5. The summed E-state index contributed by atoms with van der Waals surface area (Å²) in [6.45, 7) is 1.27. The lowest BCUT2D eigenvalue weighted by Crippen LogP contribution is -2.20. The molecule has 1 heterocycles. The van der Waals surface area contributed by atoms with Gasteiger partial charge in [-0.15, -0.1) is 0 Å². The lowest BCUT2D eigenvalue weighted by atomic mass is 9.98. The van der Waals surface area contributed by atoms with Gasteiger partial charge in [0.15, 0.2) is 11.5 Å². The Labute approximate surface area is 119 Å². The van der Waals surface area contributed by atoms with Crippen molar-refractivity contribution in [3.8, 4) is 11.5 Å². The van der Waals surface area contributed by atoms with Crippen molar-refractivity contribution in [1.29, 1.82) is 0 Å². The molecule has 1 aromatic rings. The summed E-state index contributed by atoms with van der Waals surface area (Å²) >= 11 is 0. The van der Waals surface area contributed by atoms with Crippen LogP contribution >= 0.6 is 0 Å². The molecule has 4 nitrogen and oxygen atoms in total. The van der Waals surface area contributed by atoms with Gasteiger partial charge < -0.3 is 14.2 Å². The van der Waals surface area contributed by atoms with Gasteiger partial charge in [0.1, 0.15) is 6.10 Å². The maximum Gasteiger partial charge on any atom is 0.338 e. The number of rotatable bonds is 2. The molecule has 0 N–H and O–H groups in total. The van der Waals surface area contributed by atoms with Crippen LogP contribution in [0, 0.1) is 0 Å². The number of hydrogen-bond acceptors (Lipinski definition) is 4. The van der Waals surface area contributed by atoms with Gasteiger partial charge in [-0.3, -0.25) is 0 Å². The summed E-state index contributed by atoms with van der Waals surface area (Å²) in [5, 5.41) is 0. The second-order valence-corrected chi connectivity index (χ2v) is 5.38. The smallest absolute Gasteiger partial charge is 0.338 e. The van der Waals surface area contributed by atoms with E-state index in [0.29, 0.717) is 30.3 Å². The van der Waals surface area contributed by atoms with E-state index in [4.69, 9.17) is 14.2 Å². The van der Waals surface area contributed by atoms with Crippen LogP contribution in [0.3, 0.4) is 0 Å². The second kappa shape index (κ2) is 6.16. The van der Waals surface area contributed by atoms with Gasteiger partial charge >= 0.3 is 5.97 Å². The predicted molar refractivity (Wildman–Crippen MR) is 74.3 cm³/mol. The molecule has 1 fully saturated rings. The normalized spacial score (nSPS) is 19.2. The molecule has 1 saturated carbocycles. The number of carbonyl (C=O) groups excluding carboxylic acids is 1.